The third kappa shape index (κ3) is 2.38. The molecule has 4 nitrogen and oxygen atoms in total. The number of esters is 1. The molecule has 2 rings (SSSR count). The van der Waals surface area contributed by atoms with Gasteiger partial charge < -0.3 is 9.64 Å². The number of hydrogen-bond donors (Lipinski definition) is 0. The number of hydrogen-bond acceptors (Lipinski definition) is 4. The second-order valence-electron chi connectivity index (χ2n) is 4.20. The van der Waals surface area contributed by atoms with E-state index >= 15 is 0 Å². The lowest BCUT2D eigenvalue weighted by Gasteiger charge is -2.22. The first-order valence-electron chi connectivity index (χ1n) is 6.43. The molecule has 0 N–H and O–H groups in total. The van der Waals surface area contributed by atoms with Crippen molar-refractivity contribution in [2.24, 2.45) is 0 Å². The van der Waals surface area contributed by atoms with Crippen LogP contribution in [0.4, 0.5) is 5.82 Å². The summed E-state index contributed by atoms with van der Waals surface area (Å²) in [5.41, 5.74) is 0.508. The van der Waals surface area contributed by atoms with Gasteiger partial charge in [0.05, 0.1) is 12.7 Å². The normalized spacial score (nSPS) is 10.5. The molecule has 0 aliphatic rings. The molecule has 0 saturated heterocycles. The highest BCUT2D eigenvalue weighted by Crippen LogP contribution is 2.27. The van der Waals surface area contributed by atoms with Crippen molar-refractivity contribution in [3.8, 4) is 0 Å². The fourth-order valence-electron chi connectivity index (χ4n) is 2.23. The molecular formula is C15H18N2O2. The van der Waals surface area contributed by atoms with Crippen LogP contribution in [0.15, 0.2) is 30.5 Å². The van der Waals surface area contributed by atoms with Gasteiger partial charge in [0.1, 0.15) is 5.82 Å². The second-order valence-corrected chi connectivity index (χ2v) is 4.20. The summed E-state index contributed by atoms with van der Waals surface area (Å²) in [7, 11) is 1.38. The van der Waals surface area contributed by atoms with E-state index in [4.69, 9.17) is 4.74 Å². The Labute approximate surface area is 113 Å². The number of benzene rings is 1. The van der Waals surface area contributed by atoms with Crippen LogP contribution in [-0.4, -0.2) is 31.2 Å². The lowest BCUT2D eigenvalue weighted by atomic mass is 10.1. The zero-order chi connectivity index (χ0) is 13.8. The monoisotopic (exact) mass is 258 g/mol. The zero-order valence-electron chi connectivity index (χ0n) is 11.5. The molecule has 0 amide bonds. The van der Waals surface area contributed by atoms with Crippen LogP contribution in [0.25, 0.3) is 10.8 Å². The van der Waals surface area contributed by atoms with Gasteiger partial charge in [0.25, 0.3) is 0 Å². The Bertz CT molecular complexity index is 592. The summed E-state index contributed by atoms with van der Waals surface area (Å²) in [6.45, 7) is 5.94. The van der Waals surface area contributed by atoms with E-state index in [1.54, 1.807) is 6.20 Å². The molecule has 0 fully saturated rings. The number of methoxy groups -OCH3 is 1. The molecule has 19 heavy (non-hydrogen) atoms. The van der Waals surface area contributed by atoms with Crippen molar-refractivity contribution in [3.05, 3.63) is 36.0 Å². The highest BCUT2D eigenvalue weighted by Gasteiger charge is 2.15. The Kier molecular flexibility index (Phi) is 4.00. The molecule has 0 spiro atoms. The zero-order valence-corrected chi connectivity index (χ0v) is 11.5. The van der Waals surface area contributed by atoms with Gasteiger partial charge in [0.2, 0.25) is 0 Å². The van der Waals surface area contributed by atoms with E-state index in [0.717, 1.165) is 29.7 Å². The highest BCUT2D eigenvalue weighted by atomic mass is 16.5. The van der Waals surface area contributed by atoms with Crippen molar-refractivity contribution in [2.75, 3.05) is 25.1 Å². The van der Waals surface area contributed by atoms with Crippen molar-refractivity contribution in [1.29, 1.82) is 0 Å². The number of nitrogens with zero attached hydrogens (tertiary/aromatic N) is 2. The van der Waals surface area contributed by atoms with Gasteiger partial charge in [-0.05, 0) is 13.8 Å². The number of aromatic nitrogens is 1. The summed E-state index contributed by atoms with van der Waals surface area (Å²) in [5.74, 6) is 0.558. The SMILES string of the molecule is CCN(CC)c1ncc(C(=O)OC)c2ccccc12. The van der Waals surface area contributed by atoms with Crippen LogP contribution in [0, 0.1) is 0 Å². The standard InChI is InChI=1S/C15H18N2O2/c1-4-17(5-2)14-12-9-7-6-8-11(12)13(10-16-14)15(18)19-3/h6-10H,4-5H2,1-3H3. The predicted molar refractivity (Wildman–Crippen MR) is 76.6 cm³/mol. The van der Waals surface area contributed by atoms with Crippen LogP contribution >= 0.6 is 0 Å². The minimum absolute atomic E-state index is 0.352. The number of anilines is 1. The molecule has 4 heteroatoms. The Hall–Kier alpha value is -2.10. The maximum Gasteiger partial charge on any atom is 0.340 e. The van der Waals surface area contributed by atoms with Crippen LogP contribution in [0.2, 0.25) is 0 Å². The van der Waals surface area contributed by atoms with Crippen molar-refractivity contribution in [3.63, 3.8) is 0 Å². The summed E-state index contributed by atoms with van der Waals surface area (Å²) in [6.07, 6.45) is 1.60. The van der Waals surface area contributed by atoms with Gasteiger partial charge in [-0.25, -0.2) is 9.78 Å². The van der Waals surface area contributed by atoms with Crippen LogP contribution in [0.3, 0.4) is 0 Å². The van der Waals surface area contributed by atoms with Gasteiger partial charge in [-0.2, -0.15) is 0 Å². The molecule has 1 aromatic carbocycles. The van der Waals surface area contributed by atoms with E-state index in [-0.39, 0.29) is 5.97 Å². The number of carbonyl (C=O) groups is 1. The van der Waals surface area contributed by atoms with Gasteiger partial charge in [0, 0.05) is 30.1 Å². The molecule has 100 valence electrons. The molecule has 0 radical (unpaired) electrons. The molecule has 1 aromatic heterocycles. The molecule has 0 saturated carbocycles. The molecule has 0 unspecified atom stereocenters. The highest BCUT2D eigenvalue weighted by molar-refractivity contribution is 6.07. The molecule has 1 heterocycles. The Morgan fingerprint density at radius 1 is 1.21 bits per heavy atom. The van der Waals surface area contributed by atoms with E-state index in [1.165, 1.54) is 7.11 Å². The number of fused-ring (bicyclic) bond motifs is 1. The van der Waals surface area contributed by atoms with Crippen LogP contribution in [0.1, 0.15) is 24.2 Å². The van der Waals surface area contributed by atoms with E-state index < -0.39 is 0 Å². The van der Waals surface area contributed by atoms with Gasteiger partial charge in [-0.15, -0.1) is 0 Å². The molecule has 0 aliphatic heterocycles. The van der Waals surface area contributed by atoms with Crippen molar-refractivity contribution in [2.45, 2.75) is 13.8 Å². The third-order valence-electron chi connectivity index (χ3n) is 3.24. The predicted octanol–water partition coefficient (Wildman–Crippen LogP) is 2.87. The average molecular weight is 258 g/mol. The van der Waals surface area contributed by atoms with Gasteiger partial charge in [-0.3, -0.25) is 0 Å². The molecule has 0 bridgehead atoms. The van der Waals surface area contributed by atoms with E-state index in [0.29, 0.717) is 5.56 Å². The number of rotatable bonds is 4. The number of pyridine rings is 1. The average Bonchev–Trinajstić information content (AvgIpc) is 2.47. The third-order valence-corrected chi connectivity index (χ3v) is 3.24. The molecule has 0 atom stereocenters. The first-order chi connectivity index (χ1) is 9.22. The van der Waals surface area contributed by atoms with Gasteiger partial charge in [0.15, 0.2) is 0 Å². The summed E-state index contributed by atoms with van der Waals surface area (Å²) in [6, 6.07) is 7.79. The first kappa shape index (κ1) is 13.3. The van der Waals surface area contributed by atoms with Crippen LogP contribution < -0.4 is 4.90 Å². The quantitative estimate of drug-likeness (QED) is 0.791. The molecule has 0 aliphatic carbocycles. The minimum Gasteiger partial charge on any atom is -0.465 e. The van der Waals surface area contributed by atoms with Gasteiger partial charge >= 0.3 is 5.97 Å². The summed E-state index contributed by atoms with van der Waals surface area (Å²) >= 11 is 0. The Morgan fingerprint density at radius 2 is 1.84 bits per heavy atom. The molecular weight excluding hydrogens is 240 g/mol. The van der Waals surface area contributed by atoms with Gasteiger partial charge in [-0.1, -0.05) is 24.3 Å². The smallest absolute Gasteiger partial charge is 0.340 e. The van der Waals surface area contributed by atoms with Crippen LogP contribution in [-0.2, 0) is 4.74 Å². The summed E-state index contributed by atoms with van der Waals surface area (Å²) in [5, 5.41) is 1.86. The van der Waals surface area contributed by atoms with E-state index in [1.807, 2.05) is 24.3 Å². The number of carbonyl (C=O) groups excluding carboxylic acids is 1. The second kappa shape index (κ2) is 5.69. The topological polar surface area (TPSA) is 42.4 Å². The van der Waals surface area contributed by atoms with Crippen molar-refractivity contribution < 1.29 is 9.53 Å². The largest absolute Gasteiger partial charge is 0.465 e. The maximum atomic E-state index is 11.8. The van der Waals surface area contributed by atoms with Crippen molar-refractivity contribution >= 4 is 22.6 Å². The fourth-order valence-corrected chi connectivity index (χ4v) is 2.23. The summed E-state index contributed by atoms with van der Waals surface area (Å²) < 4.78 is 4.80. The molecule has 2 aromatic rings. The van der Waals surface area contributed by atoms with Crippen molar-refractivity contribution in [1.82, 2.24) is 4.98 Å². The van der Waals surface area contributed by atoms with E-state index in [9.17, 15) is 4.79 Å². The number of ether oxygens (including phenoxy) is 1. The van der Waals surface area contributed by atoms with Crippen LogP contribution in [0.5, 0.6) is 0 Å². The lowest BCUT2D eigenvalue weighted by molar-refractivity contribution is 0.0602. The first-order valence-corrected chi connectivity index (χ1v) is 6.43. The maximum absolute atomic E-state index is 11.8. The summed E-state index contributed by atoms with van der Waals surface area (Å²) in [4.78, 5) is 18.4. The lowest BCUT2D eigenvalue weighted by Crippen LogP contribution is -2.23. The minimum atomic E-state index is -0.352. The Morgan fingerprint density at radius 3 is 2.42 bits per heavy atom. The fraction of sp³-hybridized carbons (Fsp3) is 0.333. The van der Waals surface area contributed by atoms with E-state index in [2.05, 4.69) is 23.7 Å². The Balaban J connectivity index is 2.68.